The Balaban J connectivity index is 1.41. The lowest BCUT2D eigenvalue weighted by molar-refractivity contribution is -0.149. The number of carbonyl (C=O) groups excluding carboxylic acids is 1. The first-order valence-electron chi connectivity index (χ1n) is 13.0. The minimum absolute atomic E-state index is 0.106. The number of unbranched alkanes of at least 4 members (excludes halogenated alkanes) is 1. The van der Waals surface area contributed by atoms with Gasteiger partial charge in [0, 0.05) is 25.1 Å². The maximum atomic E-state index is 13.1. The van der Waals surface area contributed by atoms with Crippen molar-refractivity contribution in [3.8, 4) is 22.5 Å². The van der Waals surface area contributed by atoms with Crippen molar-refractivity contribution in [2.75, 3.05) is 6.54 Å². The van der Waals surface area contributed by atoms with Crippen LogP contribution in [-0.4, -0.2) is 49.1 Å². The molecule has 1 amide bonds. The first kappa shape index (κ1) is 25.5. The molecule has 0 spiro atoms. The minimum atomic E-state index is -0.698. The van der Waals surface area contributed by atoms with Crippen LogP contribution in [-0.2, 0) is 16.1 Å². The molecule has 1 aliphatic rings. The van der Waals surface area contributed by atoms with Crippen molar-refractivity contribution in [1.29, 1.82) is 0 Å². The molecule has 190 valence electrons. The lowest BCUT2D eigenvalue weighted by atomic mass is 9.81. The zero-order valence-electron chi connectivity index (χ0n) is 20.9. The fraction of sp³-hybridized carbons (Fsp3) is 0.464. The second-order valence-corrected chi connectivity index (χ2v) is 9.81. The molecule has 0 saturated heterocycles. The monoisotopic (exact) mass is 489 g/mol. The number of hydrogen-bond acceptors (Lipinski definition) is 5. The summed E-state index contributed by atoms with van der Waals surface area (Å²) < 4.78 is 0. The van der Waals surface area contributed by atoms with Crippen molar-refractivity contribution >= 4 is 11.9 Å². The third kappa shape index (κ3) is 5.98. The van der Waals surface area contributed by atoms with Crippen LogP contribution in [0, 0.1) is 5.41 Å². The average Bonchev–Trinajstić information content (AvgIpc) is 3.60. The number of H-pyrrole nitrogens is 1. The van der Waals surface area contributed by atoms with E-state index in [1.165, 1.54) is 0 Å². The van der Waals surface area contributed by atoms with Gasteiger partial charge in [-0.15, -0.1) is 5.10 Å². The Bertz CT molecular complexity index is 1140. The Morgan fingerprint density at radius 3 is 2.39 bits per heavy atom. The van der Waals surface area contributed by atoms with Crippen molar-refractivity contribution in [2.24, 2.45) is 5.41 Å². The normalized spacial score (nSPS) is 14.6. The van der Waals surface area contributed by atoms with Gasteiger partial charge in [-0.05, 0) is 59.2 Å². The van der Waals surface area contributed by atoms with Crippen LogP contribution in [0.5, 0.6) is 0 Å². The first-order chi connectivity index (χ1) is 17.5. The number of nitrogens with zero attached hydrogens (tertiary/aromatic N) is 4. The van der Waals surface area contributed by atoms with Crippen molar-refractivity contribution < 1.29 is 14.7 Å². The van der Waals surface area contributed by atoms with E-state index in [1.807, 2.05) is 29.2 Å². The van der Waals surface area contributed by atoms with Gasteiger partial charge in [-0.25, -0.2) is 5.10 Å². The largest absolute Gasteiger partial charge is 0.481 e. The molecule has 1 fully saturated rings. The Kier molecular flexibility index (Phi) is 8.46. The zero-order chi connectivity index (χ0) is 25.4. The summed E-state index contributed by atoms with van der Waals surface area (Å²) in [7, 11) is 0. The van der Waals surface area contributed by atoms with Crippen LogP contribution < -0.4 is 0 Å². The number of rotatable bonds is 12. The Labute approximate surface area is 212 Å². The standard InChI is InChI=1S/C28H35N5O3/c1-2-3-19-33(25(34)11-8-18-28(27(35)36)16-6-7-17-28)20-21-12-14-22(15-13-21)23-9-4-5-10-24(23)26-29-31-32-30-26/h4-5,9-10,12-15H,2-3,6-8,11,16-20H2,1H3,(H,35,36)(H,29,30,31,32). The van der Waals surface area contributed by atoms with Crippen LogP contribution in [0.4, 0.5) is 0 Å². The Hall–Kier alpha value is -3.55. The topological polar surface area (TPSA) is 112 Å². The molecular weight excluding hydrogens is 454 g/mol. The van der Waals surface area contributed by atoms with Gasteiger partial charge in [-0.2, -0.15) is 0 Å². The molecule has 36 heavy (non-hydrogen) atoms. The quantitative estimate of drug-likeness (QED) is 0.348. The van der Waals surface area contributed by atoms with E-state index in [0.717, 1.165) is 60.8 Å². The molecule has 8 nitrogen and oxygen atoms in total. The summed E-state index contributed by atoms with van der Waals surface area (Å²) in [6.45, 7) is 3.38. The molecule has 1 saturated carbocycles. The van der Waals surface area contributed by atoms with E-state index in [-0.39, 0.29) is 5.91 Å². The van der Waals surface area contributed by atoms with E-state index in [2.05, 4.69) is 51.8 Å². The van der Waals surface area contributed by atoms with Crippen LogP contribution in [0.1, 0.15) is 70.3 Å². The van der Waals surface area contributed by atoms with Gasteiger partial charge in [-0.1, -0.05) is 74.7 Å². The molecular formula is C28H35N5O3. The average molecular weight is 490 g/mol. The smallest absolute Gasteiger partial charge is 0.309 e. The number of carboxylic acids is 1. The second-order valence-electron chi connectivity index (χ2n) is 9.81. The van der Waals surface area contributed by atoms with E-state index < -0.39 is 11.4 Å². The molecule has 0 bridgehead atoms. The van der Waals surface area contributed by atoms with E-state index in [1.54, 1.807) is 0 Å². The fourth-order valence-electron chi connectivity index (χ4n) is 5.22. The SMILES string of the molecule is CCCCN(Cc1ccc(-c2ccccc2-c2nnn[nH]2)cc1)C(=O)CCCC1(C(=O)O)CCCC1. The highest BCUT2D eigenvalue weighted by atomic mass is 16.4. The molecule has 2 N–H and O–H groups in total. The fourth-order valence-corrected chi connectivity index (χ4v) is 5.22. The summed E-state index contributed by atoms with van der Waals surface area (Å²) in [5.74, 6) is 0.0269. The van der Waals surface area contributed by atoms with Gasteiger partial charge in [0.1, 0.15) is 0 Å². The molecule has 2 aromatic carbocycles. The number of carboxylic acid groups (broad SMARTS) is 1. The van der Waals surface area contributed by atoms with Crippen molar-refractivity contribution in [3.05, 3.63) is 54.1 Å². The van der Waals surface area contributed by atoms with E-state index in [0.29, 0.717) is 38.2 Å². The number of aliphatic carboxylic acids is 1. The van der Waals surface area contributed by atoms with Gasteiger partial charge in [0.05, 0.1) is 5.41 Å². The highest BCUT2D eigenvalue weighted by Crippen LogP contribution is 2.42. The van der Waals surface area contributed by atoms with Gasteiger partial charge in [-0.3, -0.25) is 9.59 Å². The number of aromatic nitrogens is 4. The van der Waals surface area contributed by atoms with Gasteiger partial charge in [0.2, 0.25) is 5.91 Å². The molecule has 8 heteroatoms. The van der Waals surface area contributed by atoms with Crippen molar-refractivity contribution in [1.82, 2.24) is 25.5 Å². The summed E-state index contributed by atoms with van der Waals surface area (Å²) in [5, 5.41) is 24.0. The molecule has 0 atom stereocenters. The van der Waals surface area contributed by atoms with E-state index in [9.17, 15) is 14.7 Å². The van der Waals surface area contributed by atoms with Crippen LogP contribution in [0.2, 0.25) is 0 Å². The predicted molar refractivity (Wildman–Crippen MR) is 138 cm³/mol. The zero-order valence-corrected chi connectivity index (χ0v) is 20.9. The predicted octanol–water partition coefficient (Wildman–Crippen LogP) is 5.48. The summed E-state index contributed by atoms with van der Waals surface area (Å²) in [6.07, 6.45) is 6.98. The number of nitrogens with one attached hydrogen (secondary N) is 1. The number of benzene rings is 2. The third-order valence-corrected chi connectivity index (χ3v) is 7.36. The number of tetrazole rings is 1. The maximum absolute atomic E-state index is 13.1. The highest BCUT2D eigenvalue weighted by Gasteiger charge is 2.40. The lowest BCUT2D eigenvalue weighted by Crippen LogP contribution is -2.32. The molecule has 3 aromatic rings. The van der Waals surface area contributed by atoms with Crippen LogP contribution in [0.15, 0.2) is 48.5 Å². The van der Waals surface area contributed by atoms with Gasteiger partial charge in [0.25, 0.3) is 0 Å². The molecule has 1 heterocycles. The molecule has 0 unspecified atom stereocenters. The molecule has 0 radical (unpaired) electrons. The number of aromatic amines is 1. The van der Waals surface area contributed by atoms with Crippen LogP contribution in [0.3, 0.4) is 0 Å². The van der Waals surface area contributed by atoms with Gasteiger partial charge >= 0.3 is 5.97 Å². The summed E-state index contributed by atoms with van der Waals surface area (Å²) in [4.78, 5) is 26.9. The number of hydrogen-bond donors (Lipinski definition) is 2. The lowest BCUT2D eigenvalue weighted by Gasteiger charge is -2.26. The summed E-state index contributed by atoms with van der Waals surface area (Å²) in [6, 6.07) is 16.2. The van der Waals surface area contributed by atoms with Crippen LogP contribution >= 0.6 is 0 Å². The van der Waals surface area contributed by atoms with E-state index in [4.69, 9.17) is 0 Å². The van der Waals surface area contributed by atoms with Gasteiger partial charge < -0.3 is 10.0 Å². The van der Waals surface area contributed by atoms with Crippen molar-refractivity contribution in [3.63, 3.8) is 0 Å². The molecule has 0 aliphatic heterocycles. The first-order valence-corrected chi connectivity index (χ1v) is 13.0. The van der Waals surface area contributed by atoms with Crippen molar-refractivity contribution in [2.45, 2.75) is 71.3 Å². The number of carbonyl (C=O) groups is 2. The molecule has 1 aliphatic carbocycles. The third-order valence-electron chi connectivity index (χ3n) is 7.36. The Morgan fingerprint density at radius 1 is 1.03 bits per heavy atom. The maximum Gasteiger partial charge on any atom is 0.309 e. The molecule has 1 aromatic heterocycles. The molecule has 4 rings (SSSR count). The second kappa shape index (κ2) is 11.9. The Morgan fingerprint density at radius 2 is 1.75 bits per heavy atom. The van der Waals surface area contributed by atoms with E-state index >= 15 is 0 Å². The van der Waals surface area contributed by atoms with Gasteiger partial charge in [0.15, 0.2) is 5.82 Å². The number of amides is 1. The summed E-state index contributed by atoms with van der Waals surface area (Å²) in [5.41, 5.74) is 3.45. The van der Waals surface area contributed by atoms with Crippen LogP contribution in [0.25, 0.3) is 22.5 Å². The summed E-state index contributed by atoms with van der Waals surface area (Å²) >= 11 is 0. The minimum Gasteiger partial charge on any atom is -0.481 e. The highest BCUT2D eigenvalue weighted by molar-refractivity contribution is 5.80.